The number of aryl methyl sites for hydroxylation is 2. The highest BCUT2D eigenvalue weighted by Crippen LogP contribution is 2.24. The molecule has 1 aromatic rings. The molecule has 1 amide bonds. The Bertz CT molecular complexity index is 391. The molecule has 0 aromatic carbocycles. The van der Waals surface area contributed by atoms with Gasteiger partial charge in [-0.2, -0.15) is 0 Å². The molecule has 1 N–H and O–H groups in total. The molecular formula is C14H21NOS. The second-order valence-corrected chi connectivity index (χ2v) is 6.15. The van der Waals surface area contributed by atoms with E-state index in [1.165, 1.54) is 23.3 Å². The fourth-order valence-corrected chi connectivity index (χ4v) is 3.45. The standard InChI is InChI=1S/C14H21NOS/c1-3-6-11-9-13(17-10(11)2)14(16)15-12-7-4-5-8-12/h9,12H,3-8H2,1-2H3,(H,15,16). The van der Waals surface area contributed by atoms with E-state index in [0.717, 1.165) is 30.6 Å². The van der Waals surface area contributed by atoms with E-state index in [4.69, 9.17) is 0 Å². The van der Waals surface area contributed by atoms with Gasteiger partial charge in [0.2, 0.25) is 0 Å². The van der Waals surface area contributed by atoms with Crippen LogP contribution < -0.4 is 5.32 Å². The molecule has 1 aliphatic carbocycles. The lowest BCUT2D eigenvalue weighted by Gasteiger charge is -2.10. The van der Waals surface area contributed by atoms with Crippen LogP contribution in [0.15, 0.2) is 6.07 Å². The summed E-state index contributed by atoms with van der Waals surface area (Å²) in [6, 6.07) is 2.49. The smallest absolute Gasteiger partial charge is 0.261 e. The van der Waals surface area contributed by atoms with Crippen LogP contribution >= 0.6 is 11.3 Å². The molecule has 1 heterocycles. The third kappa shape index (κ3) is 3.09. The van der Waals surface area contributed by atoms with E-state index in [1.54, 1.807) is 11.3 Å². The molecule has 0 aliphatic heterocycles. The Hall–Kier alpha value is -0.830. The molecule has 17 heavy (non-hydrogen) atoms. The highest BCUT2D eigenvalue weighted by Gasteiger charge is 2.19. The first-order valence-electron chi connectivity index (χ1n) is 6.61. The van der Waals surface area contributed by atoms with E-state index < -0.39 is 0 Å². The van der Waals surface area contributed by atoms with Gasteiger partial charge in [0.05, 0.1) is 4.88 Å². The van der Waals surface area contributed by atoms with Gasteiger partial charge in [0.1, 0.15) is 0 Å². The minimum absolute atomic E-state index is 0.132. The van der Waals surface area contributed by atoms with Crippen molar-refractivity contribution in [3.63, 3.8) is 0 Å². The third-order valence-corrected chi connectivity index (χ3v) is 4.55. The Morgan fingerprint density at radius 3 is 2.82 bits per heavy atom. The van der Waals surface area contributed by atoms with Crippen LogP contribution in [0.3, 0.4) is 0 Å². The van der Waals surface area contributed by atoms with Gasteiger partial charge in [0.25, 0.3) is 5.91 Å². The number of nitrogens with one attached hydrogen (secondary N) is 1. The number of carbonyl (C=O) groups excluding carboxylic acids is 1. The lowest BCUT2D eigenvalue weighted by Crippen LogP contribution is -2.31. The van der Waals surface area contributed by atoms with Gasteiger partial charge in [-0.05, 0) is 37.8 Å². The van der Waals surface area contributed by atoms with Crippen LogP contribution in [0.5, 0.6) is 0 Å². The van der Waals surface area contributed by atoms with Gasteiger partial charge in [-0.1, -0.05) is 26.2 Å². The van der Waals surface area contributed by atoms with Crippen LogP contribution in [-0.4, -0.2) is 11.9 Å². The Kier molecular flexibility index (Phi) is 4.21. The molecule has 0 unspecified atom stereocenters. The Labute approximate surface area is 107 Å². The predicted molar refractivity (Wildman–Crippen MR) is 72.8 cm³/mol. The summed E-state index contributed by atoms with van der Waals surface area (Å²) in [5.41, 5.74) is 1.34. The van der Waals surface area contributed by atoms with Crippen LogP contribution in [0, 0.1) is 6.92 Å². The van der Waals surface area contributed by atoms with Crippen molar-refractivity contribution in [2.45, 2.75) is 58.4 Å². The van der Waals surface area contributed by atoms with E-state index in [2.05, 4.69) is 25.2 Å². The molecule has 3 heteroatoms. The van der Waals surface area contributed by atoms with Crippen LogP contribution in [0.1, 0.15) is 59.1 Å². The molecule has 2 nitrogen and oxygen atoms in total. The molecule has 94 valence electrons. The number of thiophene rings is 1. The zero-order chi connectivity index (χ0) is 12.3. The van der Waals surface area contributed by atoms with Crippen molar-refractivity contribution in [2.24, 2.45) is 0 Å². The normalized spacial score (nSPS) is 16.4. The van der Waals surface area contributed by atoms with E-state index in [9.17, 15) is 4.79 Å². The van der Waals surface area contributed by atoms with Gasteiger partial charge >= 0.3 is 0 Å². The van der Waals surface area contributed by atoms with Crippen molar-refractivity contribution in [2.75, 3.05) is 0 Å². The van der Waals surface area contributed by atoms with Crippen LogP contribution in [0.2, 0.25) is 0 Å². The minimum Gasteiger partial charge on any atom is -0.349 e. The van der Waals surface area contributed by atoms with Crippen LogP contribution in [0.25, 0.3) is 0 Å². The minimum atomic E-state index is 0.132. The summed E-state index contributed by atoms with van der Waals surface area (Å²) in [6.07, 6.45) is 7.04. The predicted octanol–water partition coefficient (Wildman–Crippen LogP) is 3.68. The monoisotopic (exact) mass is 251 g/mol. The van der Waals surface area contributed by atoms with E-state index in [1.807, 2.05) is 0 Å². The molecule has 1 saturated carbocycles. The quantitative estimate of drug-likeness (QED) is 0.869. The molecule has 0 bridgehead atoms. The molecule has 1 aliphatic rings. The Balaban J connectivity index is 2.00. The second-order valence-electron chi connectivity index (χ2n) is 4.90. The number of rotatable bonds is 4. The van der Waals surface area contributed by atoms with Gasteiger partial charge in [-0.25, -0.2) is 0 Å². The third-order valence-electron chi connectivity index (χ3n) is 3.45. The van der Waals surface area contributed by atoms with Crippen molar-refractivity contribution >= 4 is 17.2 Å². The molecule has 0 atom stereocenters. The fourth-order valence-electron chi connectivity index (χ4n) is 2.48. The van der Waals surface area contributed by atoms with E-state index >= 15 is 0 Å². The highest BCUT2D eigenvalue weighted by molar-refractivity contribution is 7.14. The van der Waals surface area contributed by atoms with Crippen LogP contribution in [-0.2, 0) is 6.42 Å². The topological polar surface area (TPSA) is 29.1 Å². The summed E-state index contributed by atoms with van der Waals surface area (Å²) in [5.74, 6) is 0.132. The highest BCUT2D eigenvalue weighted by atomic mass is 32.1. The van der Waals surface area contributed by atoms with Crippen molar-refractivity contribution in [3.8, 4) is 0 Å². The molecule has 2 rings (SSSR count). The van der Waals surface area contributed by atoms with Crippen molar-refractivity contribution < 1.29 is 4.79 Å². The maximum Gasteiger partial charge on any atom is 0.261 e. The van der Waals surface area contributed by atoms with E-state index in [-0.39, 0.29) is 5.91 Å². The largest absolute Gasteiger partial charge is 0.349 e. The number of carbonyl (C=O) groups is 1. The van der Waals surface area contributed by atoms with Gasteiger partial charge < -0.3 is 5.32 Å². The van der Waals surface area contributed by atoms with Gasteiger partial charge in [0.15, 0.2) is 0 Å². The first kappa shape index (κ1) is 12.6. The first-order valence-corrected chi connectivity index (χ1v) is 7.42. The van der Waals surface area contributed by atoms with Crippen molar-refractivity contribution in [1.29, 1.82) is 0 Å². The zero-order valence-electron chi connectivity index (χ0n) is 10.7. The second kappa shape index (κ2) is 5.67. The summed E-state index contributed by atoms with van der Waals surface area (Å²) in [7, 11) is 0. The SMILES string of the molecule is CCCc1cc(C(=O)NC2CCCC2)sc1C. The Morgan fingerprint density at radius 1 is 1.47 bits per heavy atom. The fraction of sp³-hybridized carbons (Fsp3) is 0.643. The molecule has 1 fully saturated rings. The summed E-state index contributed by atoms with van der Waals surface area (Å²) in [5, 5.41) is 3.15. The lowest BCUT2D eigenvalue weighted by molar-refractivity contribution is 0.0942. The maximum absolute atomic E-state index is 12.1. The summed E-state index contributed by atoms with van der Waals surface area (Å²) < 4.78 is 0. The number of hydrogen-bond acceptors (Lipinski definition) is 2. The average molecular weight is 251 g/mol. The summed E-state index contributed by atoms with van der Waals surface area (Å²) >= 11 is 1.63. The van der Waals surface area contributed by atoms with Gasteiger partial charge in [0, 0.05) is 10.9 Å². The summed E-state index contributed by atoms with van der Waals surface area (Å²) in [4.78, 5) is 14.3. The lowest BCUT2D eigenvalue weighted by atomic mass is 10.1. The maximum atomic E-state index is 12.1. The number of amides is 1. The van der Waals surface area contributed by atoms with Crippen molar-refractivity contribution in [3.05, 3.63) is 21.4 Å². The first-order chi connectivity index (χ1) is 8.20. The van der Waals surface area contributed by atoms with Crippen LogP contribution in [0.4, 0.5) is 0 Å². The molecule has 0 spiro atoms. The molecular weight excluding hydrogens is 230 g/mol. The van der Waals surface area contributed by atoms with Gasteiger partial charge in [-0.3, -0.25) is 4.79 Å². The van der Waals surface area contributed by atoms with Gasteiger partial charge in [-0.15, -0.1) is 11.3 Å². The number of hydrogen-bond donors (Lipinski definition) is 1. The molecule has 0 radical (unpaired) electrons. The average Bonchev–Trinajstić information content (AvgIpc) is 2.90. The zero-order valence-corrected chi connectivity index (χ0v) is 11.5. The van der Waals surface area contributed by atoms with E-state index in [0.29, 0.717) is 6.04 Å². The Morgan fingerprint density at radius 2 is 2.18 bits per heavy atom. The van der Waals surface area contributed by atoms with Crippen molar-refractivity contribution in [1.82, 2.24) is 5.32 Å². The summed E-state index contributed by atoms with van der Waals surface area (Å²) in [6.45, 7) is 4.29. The molecule has 0 saturated heterocycles. The molecule has 1 aromatic heterocycles.